The molecule has 0 bridgehead atoms. The van der Waals surface area contributed by atoms with Crippen molar-refractivity contribution < 1.29 is 13.2 Å². The summed E-state index contributed by atoms with van der Waals surface area (Å²) in [6.07, 6.45) is -3.16. The van der Waals surface area contributed by atoms with Gasteiger partial charge in [0.1, 0.15) is 0 Å². The van der Waals surface area contributed by atoms with Crippen LogP contribution in [0.4, 0.5) is 13.2 Å². The van der Waals surface area contributed by atoms with E-state index in [1.165, 1.54) is 28.7 Å². The number of nitrogens with zero attached hydrogens (tertiary/aromatic N) is 2. The molecule has 0 spiro atoms. The summed E-state index contributed by atoms with van der Waals surface area (Å²) in [5.74, 6) is 0. The van der Waals surface area contributed by atoms with Gasteiger partial charge in [0.05, 0.1) is 34.0 Å². The highest BCUT2D eigenvalue weighted by atomic mass is 35.5. The maximum absolute atomic E-state index is 12.9. The zero-order valence-electron chi connectivity index (χ0n) is 13.6. The zero-order chi connectivity index (χ0) is 18.9. The molecule has 1 atom stereocenters. The largest absolute Gasteiger partial charge is 0.416 e. The quantitative estimate of drug-likeness (QED) is 0.451. The van der Waals surface area contributed by atoms with Gasteiger partial charge in [-0.2, -0.15) is 13.2 Å². The van der Waals surface area contributed by atoms with Crippen LogP contribution in [-0.4, -0.2) is 14.3 Å². The van der Waals surface area contributed by atoms with Crippen LogP contribution in [0.1, 0.15) is 18.1 Å². The Labute approximate surface area is 156 Å². The molecule has 0 fully saturated rings. The minimum Gasteiger partial charge on any atom is -0.294 e. The predicted molar refractivity (Wildman–Crippen MR) is 97.7 cm³/mol. The molecule has 0 radical (unpaired) electrons. The summed E-state index contributed by atoms with van der Waals surface area (Å²) in [7, 11) is 0. The van der Waals surface area contributed by atoms with E-state index in [0.717, 1.165) is 22.6 Å². The molecule has 8 heteroatoms. The first-order valence-electron chi connectivity index (χ1n) is 7.70. The van der Waals surface area contributed by atoms with Crippen molar-refractivity contribution in [3.63, 3.8) is 0 Å². The van der Waals surface area contributed by atoms with Crippen molar-refractivity contribution in [2.45, 2.75) is 29.2 Å². The van der Waals surface area contributed by atoms with Crippen LogP contribution in [-0.2, 0) is 12.7 Å². The Morgan fingerprint density at radius 1 is 1.23 bits per heavy atom. The van der Waals surface area contributed by atoms with Gasteiger partial charge >= 0.3 is 6.18 Å². The number of hydrogen-bond donors (Lipinski definition) is 0. The number of halogens is 4. The highest BCUT2D eigenvalue weighted by Gasteiger charge is 2.30. The van der Waals surface area contributed by atoms with E-state index in [-0.39, 0.29) is 22.2 Å². The van der Waals surface area contributed by atoms with E-state index in [1.54, 1.807) is 0 Å². The minimum absolute atomic E-state index is 0.0535. The van der Waals surface area contributed by atoms with E-state index in [2.05, 4.69) is 4.98 Å². The topological polar surface area (TPSA) is 34.9 Å². The highest BCUT2D eigenvalue weighted by molar-refractivity contribution is 8.01. The van der Waals surface area contributed by atoms with Crippen LogP contribution in [0, 0.1) is 0 Å². The second kappa shape index (κ2) is 7.32. The molecular weight excluding hydrogens is 385 g/mol. The summed E-state index contributed by atoms with van der Waals surface area (Å²) < 4.78 is 39.9. The first-order chi connectivity index (χ1) is 12.2. The fraction of sp³-hybridized carbons (Fsp3) is 0.222. The van der Waals surface area contributed by atoms with Crippen molar-refractivity contribution in [1.82, 2.24) is 9.55 Å². The second-order valence-electron chi connectivity index (χ2n) is 5.72. The van der Waals surface area contributed by atoms with Gasteiger partial charge in [0.2, 0.25) is 0 Å². The smallest absolute Gasteiger partial charge is 0.294 e. The normalized spacial score (nSPS) is 13.1. The average Bonchev–Trinajstić information content (AvgIpc) is 2.56. The summed E-state index contributed by atoms with van der Waals surface area (Å²) in [5.41, 5.74) is -0.303. The van der Waals surface area contributed by atoms with Gasteiger partial charge in [0.15, 0.2) is 0 Å². The molecule has 3 aromatic rings. The van der Waals surface area contributed by atoms with Crippen LogP contribution in [0.3, 0.4) is 0 Å². The van der Waals surface area contributed by atoms with Crippen molar-refractivity contribution in [1.29, 1.82) is 0 Å². The summed E-state index contributed by atoms with van der Waals surface area (Å²) in [6.45, 7) is 2.07. The molecule has 0 amide bonds. The number of aromatic nitrogens is 2. The van der Waals surface area contributed by atoms with Crippen LogP contribution < -0.4 is 5.56 Å². The van der Waals surface area contributed by atoms with Crippen molar-refractivity contribution in [2.75, 3.05) is 0 Å². The number of hydrogen-bond acceptors (Lipinski definition) is 3. The van der Waals surface area contributed by atoms with E-state index in [0.29, 0.717) is 0 Å². The first kappa shape index (κ1) is 18.8. The Kier molecular flexibility index (Phi) is 5.29. The zero-order valence-corrected chi connectivity index (χ0v) is 15.2. The van der Waals surface area contributed by atoms with Gasteiger partial charge in [0.25, 0.3) is 5.56 Å². The summed E-state index contributed by atoms with van der Waals surface area (Å²) in [5, 5.41) is -0.0535. The van der Waals surface area contributed by atoms with Gasteiger partial charge < -0.3 is 0 Å². The van der Waals surface area contributed by atoms with Gasteiger partial charge in [-0.25, -0.2) is 4.98 Å². The molecule has 0 aliphatic heterocycles. The third-order valence-electron chi connectivity index (χ3n) is 3.70. The SMILES string of the molecule is CC(Cl)Sc1cccc(Cn2cnc3ccc(C(F)(F)F)cc3c2=O)c1. The lowest BCUT2D eigenvalue weighted by Gasteiger charge is -2.10. The number of alkyl halides is 4. The monoisotopic (exact) mass is 398 g/mol. The van der Waals surface area contributed by atoms with Gasteiger partial charge in [-0.1, -0.05) is 12.1 Å². The Morgan fingerprint density at radius 2 is 2.00 bits per heavy atom. The molecule has 0 N–H and O–H groups in total. The lowest BCUT2D eigenvalue weighted by atomic mass is 10.1. The Bertz CT molecular complexity index is 1000. The van der Waals surface area contributed by atoms with Gasteiger partial charge in [0, 0.05) is 4.90 Å². The van der Waals surface area contributed by atoms with Gasteiger partial charge in [-0.05, 0) is 42.8 Å². The maximum atomic E-state index is 12.9. The number of fused-ring (bicyclic) bond motifs is 1. The molecule has 3 rings (SSSR count). The van der Waals surface area contributed by atoms with E-state index in [9.17, 15) is 18.0 Å². The van der Waals surface area contributed by atoms with Crippen molar-refractivity contribution in [3.8, 4) is 0 Å². The molecule has 0 aliphatic carbocycles. The van der Waals surface area contributed by atoms with Crippen molar-refractivity contribution in [3.05, 3.63) is 70.3 Å². The molecule has 3 nitrogen and oxygen atoms in total. The maximum Gasteiger partial charge on any atom is 0.416 e. The molecule has 0 saturated heterocycles. The number of thioether (sulfide) groups is 1. The highest BCUT2D eigenvalue weighted by Crippen LogP contribution is 2.30. The van der Waals surface area contributed by atoms with Crippen LogP contribution in [0.15, 0.2) is 58.5 Å². The van der Waals surface area contributed by atoms with Crippen LogP contribution in [0.2, 0.25) is 0 Å². The summed E-state index contributed by atoms with van der Waals surface area (Å²) >= 11 is 7.44. The van der Waals surface area contributed by atoms with E-state index in [4.69, 9.17) is 11.6 Å². The van der Waals surface area contributed by atoms with Crippen LogP contribution >= 0.6 is 23.4 Å². The van der Waals surface area contributed by atoms with Crippen molar-refractivity contribution >= 4 is 34.3 Å². The Hall–Kier alpha value is -1.99. The number of rotatable bonds is 4. The summed E-state index contributed by atoms with van der Waals surface area (Å²) in [4.78, 5) is 17.7. The molecule has 1 heterocycles. The lowest BCUT2D eigenvalue weighted by molar-refractivity contribution is -0.137. The molecular formula is C18H14ClF3N2OS. The van der Waals surface area contributed by atoms with E-state index >= 15 is 0 Å². The van der Waals surface area contributed by atoms with Gasteiger partial charge in [-0.3, -0.25) is 9.36 Å². The molecule has 2 aromatic carbocycles. The van der Waals surface area contributed by atoms with Crippen LogP contribution in [0.25, 0.3) is 10.9 Å². The predicted octanol–water partition coefficient (Wildman–Crippen LogP) is 5.14. The fourth-order valence-electron chi connectivity index (χ4n) is 2.55. The minimum atomic E-state index is -4.51. The summed E-state index contributed by atoms with van der Waals surface area (Å²) in [6, 6.07) is 10.5. The number of benzene rings is 2. The molecule has 1 unspecified atom stereocenters. The van der Waals surface area contributed by atoms with E-state index in [1.807, 2.05) is 31.2 Å². The Morgan fingerprint density at radius 3 is 2.69 bits per heavy atom. The van der Waals surface area contributed by atoms with E-state index < -0.39 is 17.3 Å². The molecule has 26 heavy (non-hydrogen) atoms. The third kappa shape index (κ3) is 4.22. The van der Waals surface area contributed by atoms with Gasteiger partial charge in [-0.15, -0.1) is 23.4 Å². The molecule has 1 aromatic heterocycles. The standard InChI is InChI=1S/C18H14ClF3N2OS/c1-11(19)26-14-4-2-3-12(7-14)9-24-10-23-16-6-5-13(18(20,21)22)8-15(16)17(24)25/h2-8,10-11H,9H2,1H3. The molecule has 0 aliphatic rings. The average molecular weight is 399 g/mol. The Balaban J connectivity index is 1.98. The molecule has 136 valence electrons. The first-order valence-corrected chi connectivity index (χ1v) is 9.02. The lowest BCUT2D eigenvalue weighted by Crippen LogP contribution is -2.21. The van der Waals surface area contributed by atoms with Crippen LogP contribution in [0.5, 0.6) is 0 Å². The van der Waals surface area contributed by atoms with Crippen molar-refractivity contribution in [2.24, 2.45) is 0 Å². The molecule has 0 saturated carbocycles. The fourth-order valence-corrected chi connectivity index (χ4v) is 3.61. The second-order valence-corrected chi connectivity index (χ2v) is 8.04. The third-order valence-corrected chi connectivity index (χ3v) is 4.82.